The van der Waals surface area contributed by atoms with Gasteiger partial charge in [0.15, 0.2) is 0 Å². The minimum atomic E-state index is -4.29. The van der Waals surface area contributed by atoms with E-state index in [1.807, 2.05) is 0 Å². The third-order valence-corrected chi connectivity index (χ3v) is 1.16. The van der Waals surface area contributed by atoms with Crippen molar-refractivity contribution in [3.05, 3.63) is 0 Å². The molecule has 0 aromatic heterocycles. The molecule has 0 spiro atoms. The molecule has 0 unspecified atom stereocenters. The van der Waals surface area contributed by atoms with Crippen molar-refractivity contribution in [1.82, 2.24) is 4.84 Å². The zero-order valence-corrected chi connectivity index (χ0v) is 6.10. The van der Waals surface area contributed by atoms with Crippen LogP contribution in [0, 0.1) is 0 Å². The van der Waals surface area contributed by atoms with Crippen LogP contribution in [0.3, 0.4) is 0 Å². The lowest BCUT2D eigenvalue weighted by atomic mass is 10.8. The Hall–Kier alpha value is 0.360. The van der Waals surface area contributed by atoms with Crippen molar-refractivity contribution in [2.75, 3.05) is 13.2 Å². The zero-order chi connectivity index (χ0) is 7.33. The summed E-state index contributed by atoms with van der Waals surface area (Å²) >= 11 is 4.95. The van der Waals surface area contributed by atoms with E-state index in [4.69, 9.17) is 21.6 Å². The largest absolute Gasteiger partial charge is 0.469 e. The van der Waals surface area contributed by atoms with Gasteiger partial charge in [0.1, 0.15) is 0 Å². The quantitative estimate of drug-likeness (QED) is 0.314. The smallest absolute Gasteiger partial charge is 0.303 e. The fourth-order valence-electron chi connectivity index (χ4n) is 0.203. The van der Waals surface area contributed by atoms with Crippen LogP contribution in [-0.2, 0) is 9.09 Å². The van der Waals surface area contributed by atoms with Crippen LogP contribution < -0.4 is 4.84 Å². The molecule has 0 amide bonds. The standard InChI is InChI=1S/C2H7ClNO4P/c3-4-1-2-8-9(5,6)7/h4H,1-2H2,(H2,5,6,7). The maximum absolute atomic E-state index is 9.91. The predicted molar refractivity (Wildman–Crippen MR) is 31.9 cm³/mol. The van der Waals surface area contributed by atoms with Crippen molar-refractivity contribution < 1.29 is 18.9 Å². The van der Waals surface area contributed by atoms with Gasteiger partial charge in [0.2, 0.25) is 0 Å². The molecule has 0 aromatic rings. The maximum atomic E-state index is 9.91. The van der Waals surface area contributed by atoms with E-state index in [-0.39, 0.29) is 13.2 Å². The Bertz CT molecular complexity index is 113. The Morgan fingerprint density at radius 2 is 2.22 bits per heavy atom. The second kappa shape index (κ2) is 4.22. The fraction of sp³-hybridized carbons (Fsp3) is 1.00. The van der Waals surface area contributed by atoms with Crippen molar-refractivity contribution in [2.24, 2.45) is 0 Å². The summed E-state index contributed by atoms with van der Waals surface area (Å²) in [5, 5.41) is 0. The number of phosphoric ester groups is 1. The highest BCUT2D eigenvalue weighted by molar-refractivity contribution is 7.46. The molecule has 0 aromatic carbocycles. The zero-order valence-electron chi connectivity index (χ0n) is 4.45. The SMILES string of the molecule is O=P(O)(O)OCCNCl. The van der Waals surface area contributed by atoms with E-state index in [1.54, 1.807) is 0 Å². The molecule has 0 fully saturated rings. The molecule has 0 aliphatic heterocycles. The first kappa shape index (κ1) is 9.36. The lowest BCUT2D eigenvalue weighted by molar-refractivity contribution is 0.200. The van der Waals surface area contributed by atoms with E-state index < -0.39 is 7.82 Å². The second-order valence-corrected chi connectivity index (χ2v) is 2.71. The summed E-state index contributed by atoms with van der Waals surface area (Å²) in [5.41, 5.74) is 0. The number of rotatable bonds is 4. The summed E-state index contributed by atoms with van der Waals surface area (Å²) in [5.74, 6) is 0. The van der Waals surface area contributed by atoms with Crippen LogP contribution in [0.1, 0.15) is 0 Å². The number of nitrogens with one attached hydrogen (secondary N) is 1. The van der Waals surface area contributed by atoms with E-state index in [1.165, 1.54) is 0 Å². The second-order valence-electron chi connectivity index (χ2n) is 1.21. The van der Waals surface area contributed by atoms with Gasteiger partial charge in [0.05, 0.1) is 6.61 Å². The van der Waals surface area contributed by atoms with Crippen LogP contribution in [0.5, 0.6) is 0 Å². The van der Waals surface area contributed by atoms with E-state index in [0.29, 0.717) is 0 Å². The number of phosphoric acid groups is 1. The highest BCUT2D eigenvalue weighted by atomic mass is 35.5. The van der Waals surface area contributed by atoms with E-state index >= 15 is 0 Å². The lowest BCUT2D eigenvalue weighted by Gasteiger charge is -2.01. The van der Waals surface area contributed by atoms with Crippen LogP contribution in [-0.4, -0.2) is 22.9 Å². The average Bonchev–Trinajstić information content (AvgIpc) is 1.63. The summed E-state index contributed by atoms with van der Waals surface area (Å²) in [4.78, 5) is 18.3. The highest BCUT2D eigenvalue weighted by Gasteiger charge is 2.11. The van der Waals surface area contributed by atoms with Crippen LogP contribution >= 0.6 is 19.6 Å². The molecule has 0 heterocycles. The normalized spacial score (nSPS) is 11.9. The summed E-state index contributed by atoms with van der Waals surface area (Å²) in [7, 11) is -4.29. The summed E-state index contributed by atoms with van der Waals surface area (Å²) < 4.78 is 13.9. The van der Waals surface area contributed by atoms with Gasteiger partial charge in [0.25, 0.3) is 0 Å². The Morgan fingerprint density at radius 3 is 2.56 bits per heavy atom. The summed E-state index contributed by atoms with van der Waals surface area (Å²) in [6, 6.07) is 0. The van der Waals surface area contributed by atoms with Crippen molar-refractivity contribution in [3.63, 3.8) is 0 Å². The van der Waals surface area contributed by atoms with Gasteiger partial charge in [-0.3, -0.25) is 4.52 Å². The Morgan fingerprint density at radius 1 is 1.67 bits per heavy atom. The average molecular weight is 176 g/mol. The van der Waals surface area contributed by atoms with Gasteiger partial charge in [-0.05, 0) is 11.8 Å². The van der Waals surface area contributed by atoms with Crippen molar-refractivity contribution in [1.29, 1.82) is 0 Å². The van der Waals surface area contributed by atoms with Gasteiger partial charge in [-0.2, -0.15) is 0 Å². The monoisotopic (exact) mass is 175 g/mol. The van der Waals surface area contributed by atoms with Crippen LogP contribution in [0.2, 0.25) is 0 Å². The molecule has 0 radical (unpaired) electrons. The first-order valence-corrected chi connectivity index (χ1v) is 4.00. The maximum Gasteiger partial charge on any atom is 0.469 e. The molecule has 0 saturated heterocycles. The van der Waals surface area contributed by atoms with Crippen molar-refractivity contribution >= 4 is 19.6 Å². The molecule has 0 atom stereocenters. The number of halogens is 1. The molecular weight excluding hydrogens is 168 g/mol. The molecule has 0 bridgehead atoms. The first-order chi connectivity index (χ1) is 4.06. The minimum absolute atomic E-state index is 0.103. The van der Waals surface area contributed by atoms with Gasteiger partial charge < -0.3 is 9.79 Å². The summed E-state index contributed by atoms with van der Waals surface area (Å²) in [6.07, 6.45) is 0. The third-order valence-electron chi connectivity index (χ3n) is 0.456. The van der Waals surface area contributed by atoms with E-state index in [9.17, 15) is 4.57 Å². The van der Waals surface area contributed by atoms with Gasteiger partial charge in [0, 0.05) is 6.54 Å². The minimum Gasteiger partial charge on any atom is -0.303 e. The third kappa shape index (κ3) is 8.36. The van der Waals surface area contributed by atoms with E-state index in [2.05, 4.69) is 9.36 Å². The van der Waals surface area contributed by atoms with Crippen molar-refractivity contribution in [3.8, 4) is 0 Å². The molecule has 7 heteroatoms. The Labute approximate surface area is 57.3 Å². The molecule has 0 aliphatic carbocycles. The molecule has 5 nitrogen and oxygen atoms in total. The molecule has 9 heavy (non-hydrogen) atoms. The first-order valence-electron chi connectivity index (χ1n) is 2.10. The molecule has 3 N–H and O–H groups in total. The van der Waals surface area contributed by atoms with Gasteiger partial charge in [-0.1, -0.05) is 0 Å². The van der Waals surface area contributed by atoms with Gasteiger partial charge in [-0.25, -0.2) is 9.40 Å². The number of hydrogen-bond acceptors (Lipinski definition) is 3. The fourth-order valence-corrected chi connectivity index (χ4v) is 0.609. The highest BCUT2D eigenvalue weighted by Crippen LogP contribution is 2.34. The predicted octanol–water partition coefficient (Wildman–Crippen LogP) is -0.161. The van der Waals surface area contributed by atoms with Crippen LogP contribution in [0.15, 0.2) is 0 Å². The lowest BCUT2D eigenvalue weighted by Crippen LogP contribution is -2.07. The number of hydrogen-bond donors (Lipinski definition) is 3. The summed E-state index contributed by atoms with van der Waals surface area (Å²) in [6.45, 7) is 0.0977. The van der Waals surface area contributed by atoms with Gasteiger partial charge in [-0.15, -0.1) is 0 Å². The molecule has 0 saturated carbocycles. The molecule has 0 aliphatic rings. The van der Waals surface area contributed by atoms with Crippen LogP contribution in [0.25, 0.3) is 0 Å². The molecule has 56 valence electrons. The molecular formula is C2H7ClNO4P. The van der Waals surface area contributed by atoms with Crippen molar-refractivity contribution in [2.45, 2.75) is 0 Å². The topological polar surface area (TPSA) is 78.8 Å². The Balaban J connectivity index is 3.18. The van der Waals surface area contributed by atoms with Gasteiger partial charge >= 0.3 is 7.82 Å². The van der Waals surface area contributed by atoms with E-state index in [0.717, 1.165) is 0 Å². The Kier molecular flexibility index (Phi) is 4.39. The van der Waals surface area contributed by atoms with Crippen LogP contribution in [0.4, 0.5) is 0 Å². The molecule has 0 rings (SSSR count).